The van der Waals surface area contributed by atoms with Crippen LogP contribution < -0.4 is 0 Å². The molecule has 1 saturated carbocycles. The lowest BCUT2D eigenvalue weighted by molar-refractivity contribution is -0.821. The highest BCUT2D eigenvalue weighted by Gasteiger charge is 2.34. The van der Waals surface area contributed by atoms with E-state index in [1.165, 1.54) is 13.2 Å². The molecule has 0 aromatic rings. The van der Waals surface area contributed by atoms with Gasteiger partial charge in [-0.1, -0.05) is 6.58 Å². The Morgan fingerprint density at radius 1 is 1.43 bits per heavy atom. The number of hydrogen-bond acceptors (Lipinski definition) is 3. The number of rotatable bonds is 4. The van der Waals surface area contributed by atoms with Crippen LogP contribution in [0.3, 0.4) is 0 Å². The third-order valence-electron chi connectivity index (χ3n) is 2.78. The molecule has 0 aliphatic heterocycles. The van der Waals surface area contributed by atoms with E-state index in [0.717, 1.165) is 25.7 Å². The first-order valence-corrected chi connectivity index (χ1v) is 4.85. The Hall–Kier alpha value is -1.19. The van der Waals surface area contributed by atoms with Gasteiger partial charge in [0, 0.05) is 18.8 Å². The standard InChI is InChI=1S/C10H16NO3/c1-3-10(12)8-4-6-9(7-5-8)11(13)14-2/h3,8-9H,1,4-7H2,2H3/q+1. The molecule has 0 unspecified atom stereocenters. The fraction of sp³-hybridized carbons (Fsp3) is 0.700. The van der Waals surface area contributed by atoms with Crippen molar-refractivity contribution < 1.29 is 14.6 Å². The van der Waals surface area contributed by atoms with Crippen molar-refractivity contribution in [3.05, 3.63) is 17.6 Å². The van der Waals surface area contributed by atoms with Crippen LogP contribution in [-0.2, 0) is 9.63 Å². The third-order valence-corrected chi connectivity index (χ3v) is 2.78. The van der Waals surface area contributed by atoms with Crippen molar-refractivity contribution in [1.29, 1.82) is 0 Å². The highest BCUT2D eigenvalue weighted by Crippen LogP contribution is 2.26. The molecule has 4 nitrogen and oxygen atoms in total. The number of allylic oxidation sites excluding steroid dienone is 1. The molecule has 0 aromatic heterocycles. The number of carbonyl (C=O) groups excluding carboxylic acids is 1. The minimum absolute atomic E-state index is 0.0639. The Bertz CT molecular complexity index is 242. The molecule has 4 heteroatoms. The second-order valence-electron chi connectivity index (χ2n) is 3.58. The maximum absolute atomic E-state index is 11.3. The van der Waals surface area contributed by atoms with Crippen LogP contribution in [0.25, 0.3) is 0 Å². The van der Waals surface area contributed by atoms with Crippen LogP contribution in [0.5, 0.6) is 0 Å². The first-order valence-electron chi connectivity index (χ1n) is 4.85. The predicted molar refractivity (Wildman–Crippen MR) is 51.6 cm³/mol. The van der Waals surface area contributed by atoms with Gasteiger partial charge in [0.2, 0.25) is 4.92 Å². The molecule has 1 aliphatic carbocycles. The van der Waals surface area contributed by atoms with Crippen molar-refractivity contribution in [2.45, 2.75) is 31.7 Å². The largest absolute Gasteiger partial charge is 0.295 e. The van der Waals surface area contributed by atoms with E-state index in [9.17, 15) is 9.70 Å². The fourth-order valence-corrected chi connectivity index (χ4v) is 1.89. The molecule has 0 aromatic carbocycles. The molecule has 0 radical (unpaired) electrons. The van der Waals surface area contributed by atoms with Crippen molar-refractivity contribution in [2.75, 3.05) is 7.11 Å². The van der Waals surface area contributed by atoms with Gasteiger partial charge in [0.15, 0.2) is 12.9 Å². The Labute approximate surface area is 83.5 Å². The molecule has 0 saturated heterocycles. The molecular weight excluding hydrogens is 182 g/mol. The molecule has 0 amide bonds. The average Bonchev–Trinajstić information content (AvgIpc) is 2.27. The van der Waals surface area contributed by atoms with Gasteiger partial charge in [0.1, 0.15) is 0 Å². The number of nitrogens with zero attached hydrogens (tertiary/aromatic N) is 1. The van der Waals surface area contributed by atoms with Gasteiger partial charge in [-0.05, 0) is 18.9 Å². The fourth-order valence-electron chi connectivity index (χ4n) is 1.89. The normalized spacial score (nSPS) is 26.6. The SMILES string of the molecule is C=CC(=O)C1CCC([N+](=O)OC)CC1. The molecule has 0 N–H and O–H groups in total. The van der Waals surface area contributed by atoms with Crippen LogP contribution >= 0.6 is 0 Å². The lowest BCUT2D eigenvalue weighted by Gasteiger charge is -2.20. The second-order valence-corrected chi connectivity index (χ2v) is 3.58. The van der Waals surface area contributed by atoms with Gasteiger partial charge in [-0.3, -0.25) is 4.79 Å². The average molecular weight is 198 g/mol. The Morgan fingerprint density at radius 3 is 2.43 bits per heavy atom. The van der Waals surface area contributed by atoms with Gasteiger partial charge in [-0.2, -0.15) is 0 Å². The van der Waals surface area contributed by atoms with Gasteiger partial charge in [0.25, 0.3) is 6.04 Å². The lowest BCUT2D eigenvalue weighted by Crippen LogP contribution is -2.30. The first-order chi connectivity index (χ1) is 6.69. The maximum Gasteiger partial charge on any atom is 0.257 e. The smallest absolute Gasteiger partial charge is 0.257 e. The summed E-state index contributed by atoms with van der Waals surface area (Å²) in [6, 6.07) is -0.0890. The number of hydrogen-bond donors (Lipinski definition) is 0. The van der Waals surface area contributed by atoms with Crippen molar-refractivity contribution in [1.82, 2.24) is 0 Å². The molecule has 78 valence electrons. The predicted octanol–water partition coefficient (Wildman–Crippen LogP) is 1.64. The summed E-state index contributed by atoms with van der Waals surface area (Å²) in [5, 5.41) is 0. The molecule has 1 fully saturated rings. The molecule has 1 rings (SSSR count). The van der Waals surface area contributed by atoms with Gasteiger partial charge in [-0.15, -0.1) is 0 Å². The second kappa shape index (κ2) is 4.88. The minimum atomic E-state index is -0.0890. The molecule has 0 spiro atoms. The van der Waals surface area contributed by atoms with Gasteiger partial charge < -0.3 is 0 Å². The van der Waals surface area contributed by atoms with Crippen molar-refractivity contribution >= 4 is 5.78 Å². The molecule has 14 heavy (non-hydrogen) atoms. The molecule has 1 aliphatic rings. The van der Waals surface area contributed by atoms with Crippen molar-refractivity contribution in [3.8, 4) is 0 Å². The summed E-state index contributed by atoms with van der Waals surface area (Å²) in [6.07, 6.45) is 4.34. The van der Waals surface area contributed by atoms with Crippen LogP contribution in [0.15, 0.2) is 12.7 Å². The molecule has 0 atom stereocenters. The van der Waals surface area contributed by atoms with Gasteiger partial charge in [0.05, 0.1) is 4.91 Å². The highest BCUT2D eigenvalue weighted by molar-refractivity contribution is 5.91. The summed E-state index contributed by atoms with van der Waals surface area (Å²) in [6.45, 7) is 3.46. The summed E-state index contributed by atoms with van der Waals surface area (Å²) < 4.78 is 0. The zero-order chi connectivity index (χ0) is 10.6. The van der Waals surface area contributed by atoms with Crippen LogP contribution in [-0.4, -0.2) is 23.9 Å². The molecular formula is C10H16NO3+. The lowest BCUT2D eigenvalue weighted by atomic mass is 9.84. The first kappa shape index (κ1) is 10.9. The zero-order valence-corrected chi connectivity index (χ0v) is 8.44. The highest BCUT2D eigenvalue weighted by atomic mass is 16.8. The van der Waals surface area contributed by atoms with E-state index in [1.54, 1.807) is 0 Å². The Balaban J connectivity index is 2.42. The Kier molecular flexibility index (Phi) is 3.80. The van der Waals surface area contributed by atoms with E-state index >= 15 is 0 Å². The van der Waals surface area contributed by atoms with Crippen molar-refractivity contribution in [2.24, 2.45) is 5.92 Å². The topological polar surface area (TPSA) is 46.4 Å². The summed E-state index contributed by atoms with van der Waals surface area (Å²) in [5.41, 5.74) is 0. The summed E-state index contributed by atoms with van der Waals surface area (Å²) in [7, 11) is 1.37. The van der Waals surface area contributed by atoms with Gasteiger partial charge in [-0.25, -0.2) is 4.84 Å². The summed E-state index contributed by atoms with van der Waals surface area (Å²) in [5.74, 6) is 0.160. The maximum atomic E-state index is 11.3. The van der Waals surface area contributed by atoms with Crippen LogP contribution in [0.1, 0.15) is 25.7 Å². The number of carbonyl (C=O) groups is 1. The molecule has 0 bridgehead atoms. The van der Waals surface area contributed by atoms with E-state index in [2.05, 4.69) is 11.4 Å². The van der Waals surface area contributed by atoms with E-state index in [1.807, 2.05) is 0 Å². The number of ketones is 1. The van der Waals surface area contributed by atoms with Crippen LogP contribution in [0, 0.1) is 10.8 Å². The Morgan fingerprint density at radius 2 is 2.00 bits per heavy atom. The van der Waals surface area contributed by atoms with Gasteiger partial charge >= 0.3 is 0 Å². The van der Waals surface area contributed by atoms with E-state index < -0.39 is 0 Å². The van der Waals surface area contributed by atoms with Crippen molar-refractivity contribution in [3.63, 3.8) is 0 Å². The zero-order valence-electron chi connectivity index (χ0n) is 8.44. The van der Waals surface area contributed by atoms with Crippen LogP contribution in [0.2, 0.25) is 0 Å². The quantitative estimate of drug-likeness (QED) is 0.509. The van der Waals surface area contributed by atoms with E-state index in [4.69, 9.17) is 0 Å². The minimum Gasteiger partial charge on any atom is -0.295 e. The summed E-state index contributed by atoms with van der Waals surface area (Å²) in [4.78, 5) is 27.6. The van der Waals surface area contributed by atoms with E-state index in [0.29, 0.717) is 4.92 Å². The summed E-state index contributed by atoms with van der Waals surface area (Å²) >= 11 is 0. The van der Waals surface area contributed by atoms with Crippen LogP contribution in [0.4, 0.5) is 0 Å². The molecule has 0 heterocycles. The van der Waals surface area contributed by atoms with E-state index in [-0.39, 0.29) is 17.7 Å². The third kappa shape index (κ3) is 2.40. The monoisotopic (exact) mass is 198 g/mol.